The number of piperidine rings is 1. The van der Waals surface area contributed by atoms with E-state index in [9.17, 15) is 29.1 Å². The van der Waals surface area contributed by atoms with Gasteiger partial charge < -0.3 is 20.2 Å². The van der Waals surface area contributed by atoms with E-state index in [0.29, 0.717) is 12.0 Å². The molecule has 0 aromatic heterocycles. The summed E-state index contributed by atoms with van der Waals surface area (Å²) in [6.07, 6.45) is 2.43. The zero-order valence-electron chi connectivity index (χ0n) is 23.0. The lowest BCUT2D eigenvalue weighted by Gasteiger charge is -2.47. The van der Waals surface area contributed by atoms with Gasteiger partial charge in [0.2, 0.25) is 11.8 Å². The molecule has 2 aromatic rings. The summed E-state index contributed by atoms with van der Waals surface area (Å²) in [6.45, 7) is 2.64. The minimum atomic E-state index is -1.16. The third-order valence-electron chi connectivity index (χ3n) is 8.50. The van der Waals surface area contributed by atoms with Crippen LogP contribution < -0.4 is 5.32 Å². The van der Waals surface area contributed by atoms with Crippen molar-refractivity contribution in [3.8, 4) is 11.1 Å². The smallest absolute Gasteiger partial charge is 0.327 e. The number of urea groups is 1. The van der Waals surface area contributed by atoms with Crippen molar-refractivity contribution >= 4 is 29.6 Å². The van der Waals surface area contributed by atoms with Crippen LogP contribution in [0.4, 0.5) is 4.79 Å². The van der Waals surface area contributed by atoms with Gasteiger partial charge in [-0.3, -0.25) is 14.4 Å². The van der Waals surface area contributed by atoms with Crippen LogP contribution in [0.15, 0.2) is 54.6 Å². The van der Waals surface area contributed by atoms with Crippen LogP contribution in [0.1, 0.15) is 42.5 Å². The highest BCUT2D eigenvalue weighted by atomic mass is 16.4. The molecule has 41 heavy (non-hydrogen) atoms. The van der Waals surface area contributed by atoms with Gasteiger partial charge in [0.25, 0.3) is 0 Å². The normalized spacial score (nSPS) is 21.4. The fourth-order valence-electron chi connectivity index (χ4n) is 6.05. The summed E-state index contributed by atoms with van der Waals surface area (Å²) < 4.78 is 0. The van der Waals surface area contributed by atoms with Crippen LogP contribution in [0.5, 0.6) is 0 Å². The van der Waals surface area contributed by atoms with Gasteiger partial charge in [-0.15, -0.1) is 0 Å². The van der Waals surface area contributed by atoms with Crippen LogP contribution in [-0.2, 0) is 14.4 Å². The summed E-state index contributed by atoms with van der Waals surface area (Å²) in [4.78, 5) is 67.4. The number of benzene rings is 2. The van der Waals surface area contributed by atoms with E-state index in [-0.39, 0.29) is 56.6 Å². The van der Waals surface area contributed by atoms with Crippen molar-refractivity contribution in [3.63, 3.8) is 0 Å². The molecular formula is C31H36N4O6. The first-order valence-electron chi connectivity index (χ1n) is 14.4. The minimum Gasteiger partial charge on any atom is -0.480 e. The Bertz CT molecular complexity index is 1280. The number of Topliss-reactive ketones (excluding diaryl/α,β-unsaturated/α-hetero) is 1. The Kier molecular flexibility index (Phi) is 8.78. The van der Waals surface area contributed by atoms with Gasteiger partial charge in [-0.2, -0.15) is 0 Å². The van der Waals surface area contributed by atoms with Crippen LogP contribution in [0.25, 0.3) is 11.1 Å². The van der Waals surface area contributed by atoms with Crippen molar-refractivity contribution < 1.29 is 29.1 Å². The number of nitrogens with zero attached hydrogens (tertiary/aromatic N) is 3. The lowest BCUT2D eigenvalue weighted by molar-refractivity contribution is -0.167. The Balaban J connectivity index is 1.08. The number of carbonyl (C=O) groups excluding carboxylic acids is 4. The Morgan fingerprint density at radius 2 is 1.41 bits per heavy atom. The predicted molar refractivity (Wildman–Crippen MR) is 151 cm³/mol. The number of imide groups is 1. The molecule has 3 heterocycles. The molecule has 216 valence electrons. The van der Waals surface area contributed by atoms with Crippen LogP contribution >= 0.6 is 0 Å². The maximum atomic E-state index is 13.1. The van der Waals surface area contributed by atoms with Crippen molar-refractivity contribution in [3.05, 3.63) is 60.2 Å². The molecule has 2 atom stereocenters. The number of hydrogen-bond acceptors (Lipinski definition) is 6. The van der Waals surface area contributed by atoms with Crippen molar-refractivity contribution in [2.75, 3.05) is 39.3 Å². The summed E-state index contributed by atoms with van der Waals surface area (Å²) >= 11 is 0. The van der Waals surface area contributed by atoms with Crippen LogP contribution in [-0.4, -0.2) is 94.7 Å². The topological polar surface area (TPSA) is 127 Å². The molecule has 3 aliphatic heterocycles. The summed E-state index contributed by atoms with van der Waals surface area (Å²) in [6, 6.07) is 15.5. The van der Waals surface area contributed by atoms with Gasteiger partial charge in [0.05, 0.1) is 5.92 Å². The summed E-state index contributed by atoms with van der Waals surface area (Å²) in [7, 11) is 0. The molecule has 4 amide bonds. The third-order valence-corrected chi connectivity index (χ3v) is 8.50. The number of aliphatic carboxylic acids is 1. The van der Waals surface area contributed by atoms with Crippen LogP contribution in [0.3, 0.4) is 0 Å². The second-order valence-electron chi connectivity index (χ2n) is 11.0. The molecule has 0 radical (unpaired) electrons. The van der Waals surface area contributed by atoms with Crippen LogP contribution in [0.2, 0.25) is 0 Å². The number of amides is 4. The lowest BCUT2D eigenvalue weighted by Crippen LogP contribution is -2.69. The zero-order chi connectivity index (χ0) is 28.9. The number of carbonyl (C=O) groups is 5. The first kappa shape index (κ1) is 28.5. The third kappa shape index (κ3) is 6.32. The number of nitrogens with one attached hydrogen (secondary N) is 1. The molecule has 0 unspecified atom stereocenters. The van der Waals surface area contributed by atoms with Gasteiger partial charge in [-0.25, -0.2) is 14.5 Å². The van der Waals surface area contributed by atoms with Gasteiger partial charge in [-0.05, 0) is 49.4 Å². The number of rotatable bonds is 8. The van der Waals surface area contributed by atoms with E-state index in [0.717, 1.165) is 42.0 Å². The zero-order valence-corrected chi connectivity index (χ0v) is 23.0. The second-order valence-corrected chi connectivity index (χ2v) is 11.0. The average Bonchev–Trinajstić information content (AvgIpc) is 3.01. The highest BCUT2D eigenvalue weighted by molar-refractivity contribution is 6.07. The van der Waals surface area contributed by atoms with E-state index in [1.165, 1.54) is 4.90 Å². The molecule has 3 aliphatic rings. The Hall–Kier alpha value is -4.05. The molecule has 0 spiro atoms. The highest BCUT2D eigenvalue weighted by Gasteiger charge is 2.56. The molecule has 0 saturated carbocycles. The number of piperazine rings is 1. The van der Waals surface area contributed by atoms with E-state index >= 15 is 0 Å². The second kappa shape index (κ2) is 12.6. The van der Waals surface area contributed by atoms with Crippen molar-refractivity contribution in [2.45, 2.75) is 38.1 Å². The molecule has 0 bridgehead atoms. The monoisotopic (exact) mass is 560 g/mol. The SMILES string of the molecule is O=C(CCC(=O)N1CCN(C(=O)N2C(=O)[C@H](CC3CCNCC3)[C@H]2C(=O)O)CC1)c1ccc(-c2ccccc2)cc1. The number of carboxylic acid groups (broad SMARTS) is 1. The van der Waals surface area contributed by atoms with E-state index in [4.69, 9.17) is 0 Å². The van der Waals surface area contributed by atoms with Crippen molar-refractivity contribution in [1.82, 2.24) is 20.0 Å². The Morgan fingerprint density at radius 3 is 2.05 bits per heavy atom. The van der Waals surface area contributed by atoms with E-state index < -0.39 is 29.9 Å². The number of ketones is 1. The van der Waals surface area contributed by atoms with Crippen LogP contribution in [0, 0.1) is 11.8 Å². The largest absolute Gasteiger partial charge is 0.480 e. The minimum absolute atomic E-state index is 0.0667. The van der Waals surface area contributed by atoms with Gasteiger partial charge in [0, 0.05) is 44.6 Å². The van der Waals surface area contributed by atoms with Gasteiger partial charge in [0.15, 0.2) is 11.8 Å². The highest BCUT2D eigenvalue weighted by Crippen LogP contribution is 2.35. The molecule has 2 aromatic carbocycles. The molecular weight excluding hydrogens is 524 g/mol. The fourth-order valence-corrected chi connectivity index (χ4v) is 6.05. The molecule has 2 N–H and O–H groups in total. The van der Waals surface area contributed by atoms with Gasteiger partial charge in [0.1, 0.15) is 0 Å². The first-order chi connectivity index (χ1) is 19.8. The number of hydrogen-bond donors (Lipinski definition) is 2. The Labute approximate surface area is 239 Å². The summed E-state index contributed by atoms with van der Waals surface area (Å²) in [5.74, 6) is -2.26. The predicted octanol–water partition coefficient (Wildman–Crippen LogP) is 2.88. The quantitative estimate of drug-likeness (QED) is 0.375. The first-order valence-corrected chi connectivity index (χ1v) is 14.4. The maximum Gasteiger partial charge on any atom is 0.327 e. The standard InChI is InChI=1S/C31H36N4O6/c36-26(24-8-6-23(7-9-24)22-4-2-1-3-5-22)10-11-27(37)33-16-18-34(19-17-33)31(41)35-28(30(39)40)25(29(35)38)20-21-12-14-32-15-13-21/h1-9,21,25,28,32H,10-20H2,(H,39,40)/t25-,28+/m1/s1. The van der Waals surface area contributed by atoms with Gasteiger partial charge >= 0.3 is 12.0 Å². The molecule has 10 heteroatoms. The van der Waals surface area contributed by atoms with E-state index in [1.54, 1.807) is 17.0 Å². The van der Waals surface area contributed by atoms with Crippen molar-refractivity contribution in [1.29, 1.82) is 0 Å². The number of likely N-dealkylation sites (tertiary alicyclic amines) is 1. The summed E-state index contributed by atoms with van der Waals surface area (Å²) in [5.41, 5.74) is 2.63. The summed E-state index contributed by atoms with van der Waals surface area (Å²) in [5, 5.41) is 13.0. The molecule has 5 rings (SSSR count). The maximum absolute atomic E-state index is 13.1. The van der Waals surface area contributed by atoms with E-state index in [1.807, 2.05) is 42.5 Å². The van der Waals surface area contributed by atoms with Crippen molar-refractivity contribution in [2.24, 2.45) is 11.8 Å². The fraction of sp³-hybridized carbons (Fsp3) is 0.452. The Morgan fingerprint density at radius 1 is 0.805 bits per heavy atom. The number of β-lactam (4-membered cyclic amide) rings is 1. The number of carboxylic acids is 1. The molecule has 3 fully saturated rings. The molecule has 0 aliphatic carbocycles. The van der Waals surface area contributed by atoms with E-state index in [2.05, 4.69) is 5.32 Å². The van der Waals surface area contributed by atoms with Gasteiger partial charge in [-0.1, -0.05) is 54.6 Å². The molecule has 3 saturated heterocycles. The molecule has 10 nitrogen and oxygen atoms in total. The average molecular weight is 561 g/mol. The lowest BCUT2D eigenvalue weighted by atomic mass is 9.78.